The van der Waals surface area contributed by atoms with Gasteiger partial charge in [-0.1, -0.05) is 32.6 Å². The van der Waals surface area contributed by atoms with Crippen LogP contribution in [0, 0.1) is 0 Å². The number of unbranched alkanes of at least 4 members (excludes halogenated alkanes) is 2. The second-order valence-electron chi connectivity index (χ2n) is 5.97. The molecular weight excluding hydrogens is 238 g/mol. The lowest BCUT2D eigenvalue weighted by molar-refractivity contribution is 0.136. The number of carbonyl (C=O) groups is 1. The van der Waals surface area contributed by atoms with Crippen LogP contribution in [0.1, 0.15) is 51.9 Å². The van der Waals surface area contributed by atoms with E-state index in [1.165, 1.54) is 51.5 Å². The molecular formula is C15H29N3O. The highest BCUT2D eigenvalue weighted by atomic mass is 16.2. The summed E-state index contributed by atoms with van der Waals surface area (Å²) in [5, 5.41) is 3.18. The Balaban J connectivity index is 1.63. The standard InChI is InChI=1S/C15H29N3O/c1-2-3-6-9-17-10-12-18(13-11-17)15(19)16-14-7-4-5-8-14/h14H,2-13H2,1H3,(H,16,19). The Morgan fingerprint density at radius 1 is 1.11 bits per heavy atom. The molecule has 0 aromatic heterocycles. The van der Waals surface area contributed by atoms with E-state index in [1.807, 2.05) is 4.90 Å². The van der Waals surface area contributed by atoms with Crippen molar-refractivity contribution in [1.29, 1.82) is 0 Å². The maximum absolute atomic E-state index is 12.1. The summed E-state index contributed by atoms with van der Waals surface area (Å²) in [6, 6.07) is 0.607. The first kappa shape index (κ1) is 14.6. The van der Waals surface area contributed by atoms with Crippen molar-refractivity contribution < 1.29 is 4.79 Å². The van der Waals surface area contributed by atoms with Crippen LogP contribution in [-0.2, 0) is 0 Å². The van der Waals surface area contributed by atoms with Gasteiger partial charge in [0, 0.05) is 32.2 Å². The molecule has 0 spiro atoms. The molecule has 4 heteroatoms. The van der Waals surface area contributed by atoms with Crippen molar-refractivity contribution in [2.45, 2.75) is 57.9 Å². The van der Waals surface area contributed by atoms with Crippen molar-refractivity contribution in [3.63, 3.8) is 0 Å². The van der Waals surface area contributed by atoms with Gasteiger partial charge < -0.3 is 10.2 Å². The number of hydrogen-bond donors (Lipinski definition) is 1. The van der Waals surface area contributed by atoms with Crippen LogP contribution in [-0.4, -0.2) is 54.6 Å². The number of hydrogen-bond acceptors (Lipinski definition) is 2. The van der Waals surface area contributed by atoms with Crippen LogP contribution in [0.3, 0.4) is 0 Å². The van der Waals surface area contributed by atoms with Gasteiger partial charge in [-0.3, -0.25) is 4.90 Å². The number of carbonyl (C=O) groups excluding carboxylic acids is 1. The van der Waals surface area contributed by atoms with E-state index in [0.29, 0.717) is 6.04 Å². The Hall–Kier alpha value is -0.770. The monoisotopic (exact) mass is 267 g/mol. The van der Waals surface area contributed by atoms with E-state index in [0.717, 1.165) is 26.2 Å². The summed E-state index contributed by atoms with van der Waals surface area (Å²) in [4.78, 5) is 16.6. The topological polar surface area (TPSA) is 35.6 Å². The predicted molar refractivity (Wildman–Crippen MR) is 78.3 cm³/mol. The fraction of sp³-hybridized carbons (Fsp3) is 0.933. The zero-order valence-electron chi connectivity index (χ0n) is 12.4. The van der Waals surface area contributed by atoms with E-state index in [2.05, 4.69) is 17.1 Å². The summed E-state index contributed by atoms with van der Waals surface area (Å²) in [6.45, 7) is 7.32. The lowest BCUT2D eigenvalue weighted by atomic mass is 10.2. The highest BCUT2D eigenvalue weighted by Gasteiger charge is 2.23. The molecule has 19 heavy (non-hydrogen) atoms. The predicted octanol–water partition coefficient (Wildman–Crippen LogP) is 2.45. The minimum absolute atomic E-state index is 0.167. The van der Waals surface area contributed by atoms with Gasteiger partial charge in [0.05, 0.1) is 0 Å². The lowest BCUT2D eigenvalue weighted by Gasteiger charge is -2.35. The Morgan fingerprint density at radius 3 is 2.42 bits per heavy atom. The first-order valence-electron chi connectivity index (χ1n) is 8.07. The summed E-state index contributed by atoms with van der Waals surface area (Å²) in [5.74, 6) is 0. The SMILES string of the molecule is CCCCCN1CCN(C(=O)NC2CCCC2)CC1. The van der Waals surface area contributed by atoms with E-state index >= 15 is 0 Å². The van der Waals surface area contributed by atoms with Gasteiger partial charge >= 0.3 is 6.03 Å². The highest BCUT2D eigenvalue weighted by molar-refractivity contribution is 5.74. The first-order valence-corrected chi connectivity index (χ1v) is 8.07. The van der Waals surface area contributed by atoms with Gasteiger partial charge in [0.15, 0.2) is 0 Å². The van der Waals surface area contributed by atoms with Crippen molar-refractivity contribution in [3.05, 3.63) is 0 Å². The largest absolute Gasteiger partial charge is 0.335 e. The van der Waals surface area contributed by atoms with Gasteiger partial charge in [0.2, 0.25) is 0 Å². The average Bonchev–Trinajstić information content (AvgIpc) is 2.93. The molecule has 2 fully saturated rings. The van der Waals surface area contributed by atoms with E-state index < -0.39 is 0 Å². The Bertz CT molecular complexity index is 269. The van der Waals surface area contributed by atoms with Gasteiger partial charge in [-0.05, 0) is 25.8 Å². The molecule has 1 heterocycles. The van der Waals surface area contributed by atoms with Gasteiger partial charge in [0.1, 0.15) is 0 Å². The normalized spacial score (nSPS) is 21.8. The molecule has 1 aliphatic carbocycles. The average molecular weight is 267 g/mol. The molecule has 0 radical (unpaired) electrons. The third-order valence-corrected chi connectivity index (χ3v) is 4.42. The zero-order chi connectivity index (χ0) is 13.5. The fourth-order valence-corrected chi connectivity index (χ4v) is 3.10. The van der Waals surface area contributed by atoms with Gasteiger partial charge in [-0.2, -0.15) is 0 Å². The molecule has 0 aromatic carbocycles. The first-order chi connectivity index (χ1) is 9.29. The molecule has 0 bridgehead atoms. The van der Waals surface area contributed by atoms with Crippen LogP contribution in [0.5, 0.6) is 0 Å². The molecule has 1 aliphatic heterocycles. The van der Waals surface area contributed by atoms with Crippen LogP contribution in [0.4, 0.5) is 4.79 Å². The highest BCUT2D eigenvalue weighted by Crippen LogP contribution is 2.18. The summed E-state index contributed by atoms with van der Waals surface area (Å²) >= 11 is 0. The second kappa shape index (κ2) is 7.73. The van der Waals surface area contributed by atoms with E-state index in [4.69, 9.17) is 0 Å². The maximum atomic E-state index is 12.1. The molecule has 2 amide bonds. The summed E-state index contributed by atoms with van der Waals surface area (Å²) in [6.07, 6.45) is 8.79. The van der Waals surface area contributed by atoms with Crippen molar-refractivity contribution in [2.24, 2.45) is 0 Å². The summed E-state index contributed by atoms with van der Waals surface area (Å²) in [7, 11) is 0. The summed E-state index contributed by atoms with van der Waals surface area (Å²) < 4.78 is 0. The molecule has 1 saturated carbocycles. The van der Waals surface area contributed by atoms with Crippen LogP contribution < -0.4 is 5.32 Å². The molecule has 110 valence electrons. The molecule has 1 N–H and O–H groups in total. The van der Waals surface area contributed by atoms with Gasteiger partial charge in [0.25, 0.3) is 0 Å². The molecule has 0 atom stereocenters. The second-order valence-corrected chi connectivity index (χ2v) is 5.97. The third-order valence-electron chi connectivity index (χ3n) is 4.42. The fourth-order valence-electron chi connectivity index (χ4n) is 3.10. The molecule has 1 saturated heterocycles. The Labute approximate surface area is 117 Å². The third kappa shape index (κ3) is 4.68. The number of urea groups is 1. The quantitative estimate of drug-likeness (QED) is 0.777. The van der Waals surface area contributed by atoms with Crippen LogP contribution in [0.2, 0.25) is 0 Å². The van der Waals surface area contributed by atoms with Crippen molar-refractivity contribution in [2.75, 3.05) is 32.7 Å². The number of rotatable bonds is 5. The van der Waals surface area contributed by atoms with E-state index in [-0.39, 0.29) is 6.03 Å². The minimum Gasteiger partial charge on any atom is -0.335 e. The molecule has 4 nitrogen and oxygen atoms in total. The van der Waals surface area contributed by atoms with Crippen molar-refractivity contribution >= 4 is 6.03 Å². The van der Waals surface area contributed by atoms with E-state index in [9.17, 15) is 4.79 Å². The van der Waals surface area contributed by atoms with Crippen LogP contribution in [0.25, 0.3) is 0 Å². The minimum atomic E-state index is 0.167. The molecule has 0 unspecified atom stereocenters. The zero-order valence-corrected chi connectivity index (χ0v) is 12.4. The summed E-state index contributed by atoms with van der Waals surface area (Å²) in [5.41, 5.74) is 0. The number of nitrogens with zero attached hydrogens (tertiary/aromatic N) is 2. The molecule has 0 aromatic rings. The number of piperazine rings is 1. The molecule has 2 rings (SSSR count). The van der Waals surface area contributed by atoms with E-state index in [1.54, 1.807) is 0 Å². The van der Waals surface area contributed by atoms with Crippen molar-refractivity contribution in [1.82, 2.24) is 15.1 Å². The smallest absolute Gasteiger partial charge is 0.317 e. The number of nitrogens with one attached hydrogen (secondary N) is 1. The molecule has 2 aliphatic rings. The lowest BCUT2D eigenvalue weighted by Crippen LogP contribution is -2.53. The van der Waals surface area contributed by atoms with Gasteiger partial charge in [-0.25, -0.2) is 4.79 Å². The van der Waals surface area contributed by atoms with Gasteiger partial charge in [-0.15, -0.1) is 0 Å². The maximum Gasteiger partial charge on any atom is 0.317 e. The Kier molecular flexibility index (Phi) is 5.95. The van der Waals surface area contributed by atoms with Crippen LogP contribution >= 0.6 is 0 Å². The Morgan fingerprint density at radius 2 is 1.79 bits per heavy atom. The number of amides is 2. The van der Waals surface area contributed by atoms with Crippen molar-refractivity contribution in [3.8, 4) is 0 Å². The van der Waals surface area contributed by atoms with Crippen LogP contribution in [0.15, 0.2) is 0 Å².